The van der Waals surface area contributed by atoms with E-state index in [1.54, 1.807) is 0 Å². The summed E-state index contributed by atoms with van der Waals surface area (Å²) in [6.07, 6.45) is 4.17. The van der Waals surface area contributed by atoms with Crippen molar-refractivity contribution in [3.05, 3.63) is 21.6 Å². The van der Waals surface area contributed by atoms with Crippen molar-refractivity contribution in [3.63, 3.8) is 0 Å². The maximum absolute atomic E-state index is 12.2. The van der Waals surface area contributed by atoms with E-state index in [1.807, 2.05) is 4.68 Å². The van der Waals surface area contributed by atoms with Crippen molar-refractivity contribution >= 4 is 0 Å². The van der Waals surface area contributed by atoms with Gasteiger partial charge in [-0.15, -0.1) is 0 Å². The first-order valence-electron chi connectivity index (χ1n) is 6.18. The van der Waals surface area contributed by atoms with Crippen molar-refractivity contribution in [1.29, 1.82) is 0 Å². The SMILES string of the molecule is CC(C)c1[nH]n(C2CCC2)c(=O)c1CCN. The first-order chi connectivity index (χ1) is 7.65. The van der Waals surface area contributed by atoms with Gasteiger partial charge in [-0.2, -0.15) is 0 Å². The van der Waals surface area contributed by atoms with Crippen molar-refractivity contribution < 1.29 is 0 Å². The monoisotopic (exact) mass is 223 g/mol. The predicted molar refractivity (Wildman–Crippen MR) is 64.8 cm³/mol. The predicted octanol–water partition coefficient (Wildman–Crippen LogP) is 1.53. The Labute approximate surface area is 95.8 Å². The molecule has 90 valence electrons. The molecule has 1 aliphatic carbocycles. The Bertz CT molecular complexity index is 412. The highest BCUT2D eigenvalue weighted by molar-refractivity contribution is 5.21. The third-order valence-corrected chi connectivity index (χ3v) is 3.45. The van der Waals surface area contributed by atoms with Crippen LogP contribution in [0.4, 0.5) is 0 Å². The molecule has 0 saturated heterocycles. The average molecular weight is 223 g/mol. The fourth-order valence-electron chi connectivity index (χ4n) is 2.27. The Hall–Kier alpha value is -1.03. The van der Waals surface area contributed by atoms with Crippen LogP contribution in [0.5, 0.6) is 0 Å². The van der Waals surface area contributed by atoms with Gasteiger partial charge in [0.1, 0.15) is 0 Å². The highest BCUT2D eigenvalue weighted by Crippen LogP contribution is 2.30. The molecule has 0 atom stereocenters. The lowest BCUT2D eigenvalue weighted by atomic mass is 9.93. The van der Waals surface area contributed by atoms with Gasteiger partial charge in [0.15, 0.2) is 0 Å². The van der Waals surface area contributed by atoms with Crippen LogP contribution in [0.2, 0.25) is 0 Å². The molecule has 4 heteroatoms. The first-order valence-corrected chi connectivity index (χ1v) is 6.18. The van der Waals surface area contributed by atoms with E-state index in [0.717, 1.165) is 24.1 Å². The summed E-state index contributed by atoms with van der Waals surface area (Å²) in [5.74, 6) is 0.357. The summed E-state index contributed by atoms with van der Waals surface area (Å²) in [6, 6.07) is 0.400. The molecule has 1 heterocycles. The van der Waals surface area contributed by atoms with E-state index in [2.05, 4.69) is 18.9 Å². The Morgan fingerprint density at radius 1 is 1.50 bits per heavy atom. The van der Waals surface area contributed by atoms with Crippen LogP contribution in [-0.2, 0) is 6.42 Å². The molecule has 1 aromatic heterocycles. The summed E-state index contributed by atoms with van der Waals surface area (Å²) < 4.78 is 1.82. The zero-order valence-electron chi connectivity index (χ0n) is 10.1. The molecule has 0 aromatic carbocycles. The van der Waals surface area contributed by atoms with Crippen molar-refractivity contribution in [1.82, 2.24) is 9.78 Å². The zero-order chi connectivity index (χ0) is 11.7. The van der Waals surface area contributed by atoms with Crippen LogP contribution in [-0.4, -0.2) is 16.3 Å². The molecule has 0 spiro atoms. The molecule has 1 aliphatic rings. The minimum Gasteiger partial charge on any atom is -0.330 e. The van der Waals surface area contributed by atoms with Gasteiger partial charge in [-0.25, -0.2) is 4.68 Å². The molecular formula is C12H21N3O. The fourth-order valence-corrected chi connectivity index (χ4v) is 2.27. The van der Waals surface area contributed by atoms with Gasteiger partial charge in [-0.1, -0.05) is 13.8 Å². The average Bonchev–Trinajstić information content (AvgIpc) is 2.45. The van der Waals surface area contributed by atoms with Gasteiger partial charge >= 0.3 is 0 Å². The quantitative estimate of drug-likeness (QED) is 0.813. The van der Waals surface area contributed by atoms with Crippen molar-refractivity contribution in [3.8, 4) is 0 Å². The highest BCUT2D eigenvalue weighted by Gasteiger charge is 2.25. The summed E-state index contributed by atoms with van der Waals surface area (Å²) in [4.78, 5) is 12.2. The topological polar surface area (TPSA) is 63.8 Å². The molecule has 0 radical (unpaired) electrons. The lowest BCUT2D eigenvalue weighted by molar-refractivity contribution is 0.281. The van der Waals surface area contributed by atoms with Crippen LogP contribution < -0.4 is 11.3 Å². The van der Waals surface area contributed by atoms with Crippen LogP contribution in [0.25, 0.3) is 0 Å². The van der Waals surface area contributed by atoms with Crippen molar-refractivity contribution in [2.75, 3.05) is 6.54 Å². The normalized spacial score (nSPS) is 16.8. The van der Waals surface area contributed by atoms with E-state index >= 15 is 0 Å². The molecule has 3 N–H and O–H groups in total. The molecular weight excluding hydrogens is 202 g/mol. The Morgan fingerprint density at radius 2 is 2.19 bits per heavy atom. The molecule has 1 saturated carbocycles. The Kier molecular flexibility index (Phi) is 3.19. The lowest BCUT2D eigenvalue weighted by Gasteiger charge is -2.25. The molecule has 16 heavy (non-hydrogen) atoms. The van der Waals surface area contributed by atoms with Gasteiger partial charge in [0.25, 0.3) is 5.56 Å². The van der Waals surface area contributed by atoms with Crippen LogP contribution in [0, 0.1) is 0 Å². The summed E-state index contributed by atoms with van der Waals surface area (Å²) in [5, 5.41) is 3.28. The maximum atomic E-state index is 12.2. The number of aromatic amines is 1. The number of hydrogen-bond donors (Lipinski definition) is 2. The second-order valence-corrected chi connectivity index (χ2v) is 4.96. The standard InChI is InChI=1S/C12H21N3O/c1-8(2)11-10(6-7-13)12(16)15(14-11)9-4-3-5-9/h8-9,14H,3-7,13H2,1-2H3. The van der Waals surface area contributed by atoms with Gasteiger partial charge in [0.2, 0.25) is 0 Å². The third-order valence-electron chi connectivity index (χ3n) is 3.45. The van der Waals surface area contributed by atoms with E-state index in [9.17, 15) is 4.79 Å². The Balaban J connectivity index is 2.40. The first kappa shape index (κ1) is 11.5. The molecule has 2 rings (SSSR count). The number of nitrogens with one attached hydrogen (secondary N) is 1. The Morgan fingerprint density at radius 3 is 2.62 bits per heavy atom. The number of nitrogens with zero attached hydrogens (tertiary/aromatic N) is 1. The van der Waals surface area contributed by atoms with Gasteiger partial charge in [-0.05, 0) is 38.1 Å². The fraction of sp³-hybridized carbons (Fsp3) is 0.750. The second kappa shape index (κ2) is 4.45. The van der Waals surface area contributed by atoms with E-state index in [4.69, 9.17) is 5.73 Å². The zero-order valence-corrected chi connectivity index (χ0v) is 10.1. The molecule has 0 aliphatic heterocycles. The van der Waals surface area contributed by atoms with Gasteiger partial charge < -0.3 is 5.73 Å². The summed E-state index contributed by atoms with van der Waals surface area (Å²) in [5.41, 5.74) is 7.68. The number of rotatable bonds is 4. The third kappa shape index (κ3) is 1.82. The highest BCUT2D eigenvalue weighted by atomic mass is 16.1. The number of nitrogens with two attached hydrogens (primary N) is 1. The molecule has 0 bridgehead atoms. The van der Waals surface area contributed by atoms with Crippen LogP contribution in [0.1, 0.15) is 56.3 Å². The van der Waals surface area contributed by atoms with E-state index in [0.29, 0.717) is 24.9 Å². The van der Waals surface area contributed by atoms with Crippen LogP contribution in [0.15, 0.2) is 4.79 Å². The van der Waals surface area contributed by atoms with Gasteiger partial charge in [0.05, 0.1) is 6.04 Å². The smallest absolute Gasteiger partial charge is 0.270 e. The minimum atomic E-state index is 0.152. The second-order valence-electron chi connectivity index (χ2n) is 4.96. The molecule has 4 nitrogen and oxygen atoms in total. The lowest BCUT2D eigenvalue weighted by Crippen LogP contribution is -2.28. The minimum absolute atomic E-state index is 0.152. The molecule has 1 aromatic rings. The maximum Gasteiger partial charge on any atom is 0.270 e. The van der Waals surface area contributed by atoms with Gasteiger partial charge in [-0.3, -0.25) is 9.89 Å². The summed E-state index contributed by atoms with van der Waals surface area (Å²) in [6.45, 7) is 4.75. The molecule has 0 unspecified atom stereocenters. The van der Waals surface area contributed by atoms with Crippen LogP contribution >= 0.6 is 0 Å². The number of aromatic nitrogens is 2. The summed E-state index contributed by atoms with van der Waals surface area (Å²) in [7, 11) is 0. The number of H-pyrrole nitrogens is 1. The van der Waals surface area contributed by atoms with Crippen molar-refractivity contribution in [2.24, 2.45) is 5.73 Å². The molecule has 1 fully saturated rings. The molecule has 0 amide bonds. The number of hydrogen-bond acceptors (Lipinski definition) is 2. The van der Waals surface area contributed by atoms with E-state index in [-0.39, 0.29) is 5.56 Å². The van der Waals surface area contributed by atoms with E-state index in [1.165, 1.54) is 6.42 Å². The van der Waals surface area contributed by atoms with Crippen LogP contribution in [0.3, 0.4) is 0 Å². The largest absolute Gasteiger partial charge is 0.330 e. The summed E-state index contributed by atoms with van der Waals surface area (Å²) >= 11 is 0. The van der Waals surface area contributed by atoms with Crippen molar-refractivity contribution in [2.45, 2.75) is 51.5 Å². The van der Waals surface area contributed by atoms with Gasteiger partial charge in [0, 0.05) is 11.3 Å². The van der Waals surface area contributed by atoms with E-state index < -0.39 is 0 Å².